The highest BCUT2D eigenvalue weighted by atomic mass is 19.4. The summed E-state index contributed by atoms with van der Waals surface area (Å²) in [5.74, 6) is -7.37. The first-order valence-corrected chi connectivity index (χ1v) is 12.2. The molecule has 2 saturated carbocycles. The van der Waals surface area contributed by atoms with Gasteiger partial charge in [-0.15, -0.1) is 0 Å². The Labute approximate surface area is 224 Å². The van der Waals surface area contributed by atoms with E-state index >= 15 is 0 Å². The average Bonchev–Trinajstić information content (AvgIpc) is 3.62. The lowest BCUT2D eigenvalue weighted by molar-refractivity contribution is -0.140. The molecule has 0 radical (unpaired) electrons. The zero-order valence-electron chi connectivity index (χ0n) is 20.8. The second-order valence-corrected chi connectivity index (χ2v) is 9.66. The van der Waals surface area contributed by atoms with Gasteiger partial charge in [0.2, 0.25) is 5.91 Å². The van der Waals surface area contributed by atoms with E-state index in [0.29, 0.717) is 36.6 Å². The van der Waals surface area contributed by atoms with Gasteiger partial charge in [-0.25, -0.2) is 13.2 Å². The number of ether oxygens (including phenoxy) is 1. The molecule has 2 bridgehead atoms. The van der Waals surface area contributed by atoms with Crippen LogP contribution in [0.4, 0.5) is 32.0 Å². The second-order valence-electron chi connectivity index (χ2n) is 9.66. The van der Waals surface area contributed by atoms with Crippen molar-refractivity contribution in [2.75, 3.05) is 12.4 Å². The largest absolute Gasteiger partial charge is 0.496 e. The third-order valence-electron chi connectivity index (χ3n) is 7.40. The number of halogens is 6. The van der Waals surface area contributed by atoms with Crippen molar-refractivity contribution in [1.29, 1.82) is 0 Å². The third kappa shape index (κ3) is 5.05. The van der Waals surface area contributed by atoms with Crippen LogP contribution in [0.25, 0.3) is 6.08 Å². The summed E-state index contributed by atoms with van der Waals surface area (Å²) in [5.41, 5.74) is -0.548. The van der Waals surface area contributed by atoms with Gasteiger partial charge in [0.05, 0.1) is 36.7 Å². The predicted molar refractivity (Wildman–Crippen MR) is 131 cm³/mol. The predicted octanol–water partition coefficient (Wildman–Crippen LogP) is 6.20. The van der Waals surface area contributed by atoms with Gasteiger partial charge in [-0.05, 0) is 49.1 Å². The molecule has 12 heteroatoms. The molecule has 2 amide bonds. The maximum absolute atomic E-state index is 14.0. The van der Waals surface area contributed by atoms with Crippen LogP contribution in [-0.4, -0.2) is 25.0 Å². The lowest BCUT2D eigenvalue weighted by atomic mass is 9.83. The lowest BCUT2D eigenvalue weighted by Crippen LogP contribution is -2.48. The number of amides is 2. The van der Waals surface area contributed by atoms with Crippen molar-refractivity contribution in [1.82, 2.24) is 5.32 Å². The molecule has 2 fully saturated rings. The van der Waals surface area contributed by atoms with Gasteiger partial charge in [-0.2, -0.15) is 13.2 Å². The summed E-state index contributed by atoms with van der Waals surface area (Å²) in [6.45, 7) is 0. The minimum Gasteiger partial charge on any atom is -0.496 e. The maximum Gasteiger partial charge on any atom is 0.419 e. The molecule has 2 aromatic carbocycles. The van der Waals surface area contributed by atoms with Crippen LogP contribution < -0.4 is 15.4 Å². The Balaban J connectivity index is 1.48. The average molecular weight is 564 g/mol. The first kappa shape index (κ1) is 27.4. The highest BCUT2D eigenvalue weighted by Gasteiger charge is 2.54. The number of rotatable bonds is 6. The molecule has 2 aliphatic rings. The number of benzene rings is 2. The highest BCUT2D eigenvalue weighted by Crippen LogP contribution is 2.53. The summed E-state index contributed by atoms with van der Waals surface area (Å²) in [4.78, 5) is 26.8. The molecule has 1 aromatic heterocycles. The Bertz CT molecular complexity index is 1480. The molecular weight excluding hydrogens is 542 g/mol. The normalized spacial score (nSPS) is 22.9. The van der Waals surface area contributed by atoms with E-state index in [4.69, 9.17) is 9.15 Å². The minimum atomic E-state index is -4.97. The zero-order valence-corrected chi connectivity index (χ0v) is 20.8. The number of furan rings is 1. The fraction of sp³-hybridized carbons (Fsp3) is 0.286. The summed E-state index contributed by atoms with van der Waals surface area (Å²) in [5, 5.41) is 5.18. The van der Waals surface area contributed by atoms with Crippen molar-refractivity contribution >= 4 is 23.6 Å². The zero-order chi connectivity index (χ0) is 28.8. The fourth-order valence-corrected chi connectivity index (χ4v) is 5.69. The van der Waals surface area contributed by atoms with Gasteiger partial charge in [0, 0.05) is 29.3 Å². The van der Waals surface area contributed by atoms with Crippen LogP contribution in [0.5, 0.6) is 5.75 Å². The number of fused-ring (bicyclic) bond motifs is 2. The number of carbonyl (C=O) groups is 2. The van der Waals surface area contributed by atoms with Gasteiger partial charge in [0.25, 0.3) is 5.91 Å². The summed E-state index contributed by atoms with van der Waals surface area (Å²) in [7, 11) is 1.18. The molecule has 4 atom stereocenters. The summed E-state index contributed by atoms with van der Waals surface area (Å²) >= 11 is 0. The van der Waals surface area contributed by atoms with Crippen molar-refractivity contribution in [3.05, 3.63) is 88.6 Å². The van der Waals surface area contributed by atoms with Crippen molar-refractivity contribution in [2.24, 2.45) is 17.8 Å². The van der Waals surface area contributed by atoms with Gasteiger partial charge >= 0.3 is 6.18 Å². The molecule has 2 N–H and O–H groups in total. The molecule has 6 nitrogen and oxygen atoms in total. The van der Waals surface area contributed by atoms with Crippen LogP contribution in [0.3, 0.4) is 0 Å². The quantitative estimate of drug-likeness (QED) is 0.350. The molecular formula is C28H22F6N2O4. The molecule has 40 heavy (non-hydrogen) atoms. The molecule has 210 valence electrons. The van der Waals surface area contributed by atoms with Gasteiger partial charge in [-0.3, -0.25) is 9.59 Å². The summed E-state index contributed by atoms with van der Waals surface area (Å²) in [6.07, 6.45) is 0.969. The standard InChI is InChI=1S/C28H22F6N2O4/c1-39-23-11-22(31)21(30)10-18(23)26(37)36-25-16-4-3-15(17(16)8-13-6-7-40-12-13)24(25)27(38)35-14-2-5-20(29)19(9-14)28(32,33)34/h2,5-12,15-16,24-25H,3-4H2,1H3,(H,35,38)(H,36,37)/b17-8-/t15?,16?,24-,25+/m0/s1. The highest BCUT2D eigenvalue weighted by molar-refractivity contribution is 5.99. The lowest BCUT2D eigenvalue weighted by Gasteiger charge is -2.30. The Morgan fingerprint density at radius 1 is 1.00 bits per heavy atom. The molecule has 2 unspecified atom stereocenters. The number of hydrogen-bond donors (Lipinski definition) is 2. The molecule has 0 saturated heterocycles. The van der Waals surface area contributed by atoms with E-state index in [0.717, 1.165) is 17.7 Å². The second kappa shape index (κ2) is 10.4. The van der Waals surface area contributed by atoms with Crippen LogP contribution in [0.1, 0.15) is 34.3 Å². The number of nitrogens with one attached hydrogen (secondary N) is 2. The maximum atomic E-state index is 14.0. The van der Waals surface area contributed by atoms with E-state index in [1.54, 1.807) is 6.07 Å². The monoisotopic (exact) mass is 564 g/mol. The number of anilines is 1. The van der Waals surface area contributed by atoms with Gasteiger partial charge < -0.3 is 19.8 Å². The van der Waals surface area contributed by atoms with Crippen LogP contribution in [-0.2, 0) is 11.0 Å². The van der Waals surface area contributed by atoms with E-state index in [1.807, 2.05) is 6.08 Å². The van der Waals surface area contributed by atoms with Crippen molar-refractivity contribution in [3.8, 4) is 5.75 Å². The number of hydrogen-bond acceptors (Lipinski definition) is 4. The van der Waals surface area contributed by atoms with Gasteiger partial charge in [-0.1, -0.05) is 11.6 Å². The Kier molecular flexibility index (Phi) is 7.11. The molecule has 0 spiro atoms. The third-order valence-corrected chi connectivity index (χ3v) is 7.40. The van der Waals surface area contributed by atoms with E-state index in [9.17, 15) is 35.9 Å². The fourth-order valence-electron chi connectivity index (χ4n) is 5.69. The molecule has 0 aliphatic heterocycles. The van der Waals surface area contributed by atoms with E-state index in [-0.39, 0.29) is 28.8 Å². The van der Waals surface area contributed by atoms with Crippen LogP contribution in [0.2, 0.25) is 0 Å². The first-order chi connectivity index (χ1) is 19.0. The van der Waals surface area contributed by atoms with E-state index in [1.165, 1.54) is 19.6 Å². The molecule has 1 heterocycles. The first-order valence-electron chi connectivity index (χ1n) is 12.2. The summed E-state index contributed by atoms with van der Waals surface area (Å²) < 4.78 is 91.3. The SMILES string of the molecule is COc1cc(F)c(F)cc1C(=O)N[C@@H]1C2CCC(/C2=C/c2ccoc2)[C@@H]1C(=O)Nc1ccc(F)c(C(F)(F)F)c1. The van der Waals surface area contributed by atoms with Crippen LogP contribution in [0.15, 0.2) is 58.9 Å². The molecule has 2 aliphatic carbocycles. The number of methoxy groups -OCH3 is 1. The minimum absolute atomic E-state index is 0.222. The van der Waals surface area contributed by atoms with Crippen molar-refractivity contribution in [2.45, 2.75) is 25.1 Å². The van der Waals surface area contributed by atoms with Crippen molar-refractivity contribution < 1.29 is 45.1 Å². The summed E-state index contributed by atoms with van der Waals surface area (Å²) in [6, 6.07) is 4.40. The van der Waals surface area contributed by atoms with E-state index in [2.05, 4.69) is 10.6 Å². The topological polar surface area (TPSA) is 80.6 Å². The van der Waals surface area contributed by atoms with Gasteiger partial charge in [0.15, 0.2) is 11.6 Å². The van der Waals surface area contributed by atoms with Crippen LogP contribution >= 0.6 is 0 Å². The van der Waals surface area contributed by atoms with Gasteiger partial charge in [0.1, 0.15) is 11.6 Å². The number of alkyl halides is 3. The Morgan fingerprint density at radius 2 is 1.73 bits per heavy atom. The van der Waals surface area contributed by atoms with Crippen LogP contribution in [0, 0.1) is 35.2 Å². The van der Waals surface area contributed by atoms with E-state index < -0.39 is 53.0 Å². The van der Waals surface area contributed by atoms with Crippen molar-refractivity contribution in [3.63, 3.8) is 0 Å². The Morgan fingerprint density at radius 3 is 2.40 bits per heavy atom. The Hall–Kier alpha value is -4.22. The molecule has 5 rings (SSSR count). The number of carbonyl (C=O) groups excluding carboxylic acids is 2. The smallest absolute Gasteiger partial charge is 0.419 e. The molecule has 3 aromatic rings.